The topological polar surface area (TPSA) is 123 Å². The van der Waals surface area contributed by atoms with Crippen molar-refractivity contribution in [2.24, 2.45) is 0 Å². The van der Waals surface area contributed by atoms with Crippen LogP contribution in [0.25, 0.3) is 5.76 Å². The number of nitrogens with one attached hydrogen (secondary N) is 1. The highest BCUT2D eigenvalue weighted by atomic mass is 16.5. The van der Waals surface area contributed by atoms with Gasteiger partial charge in [0.1, 0.15) is 11.8 Å². The number of aromatic nitrogens is 1. The number of hydrogen-bond donors (Lipinski definition) is 2. The number of aliphatic hydroxyl groups excluding tert-OH is 1. The van der Waals surface area contributed by atoms with E-state index >= 15 is 0 Å². The van der Waals surface area contributed by atoms with Crippen LogP contribution in [0.3, 0.4) is 0 Å². The Morgan fingerprint density at radius 3 is 2.61 bits per heavy atom. The van der Waals surface area contributed by atoms with E-state index in [1.165, 1.54) is 6.20 Å². The lowest BCUT2D eigenvalue weighted by Crippen LogP contribution is -2.16. The second-order valence-corrected chi connectivity index (χ2v) is 4.73. The normalized spacial score (nSPS) is 11.1. The zero-order valence-electron chi connectivity index (χ0n) is 12.4. The number of nitrogens with zero attached hydrogens (tertiary/aromatic N) is 3. The number of hydrogen-bond acceptors (Lipinski definition) is 6. The third-order valence-corrected chi connectivity index (χ3v) is 3.19. The van der Waals surface area contributed by atoms with E-state index in [0.29, 0.717) is 16.8 Å². The predicted molar refractivity (Wildman–Crippen MR) is 80.9 cm³/mol. The molecule has 0 unspecified atom stereocenters. The van der Waals surface area contributed by atoms with Gasteiger partial charge in [0.15, 0.2) is 11.3 Å². The Bertz CT molecular complexity index is 881. The number of carbonyl (C=O) groups excluding carboxylic acids is 1. The van der Waals surface area contributed by atoms with Gasteiger partial charge in [-0.2, -0.15) is 10.5 Å². The highest BCUT2D eigenvalue weighted by Crippen LogP contribution is 2.22. The first-order valence-electron chi connectivity index (χ1n) is 6.55. The molecule has 7 nitrogen and oxygen atoms in total. The minimum Gasteiger partial charge on any atom is -0.506 e. The molecule has 7 heteroatoms. The molecule has 0 radical (unpaired) electrons. The molecule has 0 atom stereocenters. The average molecular weight is 308 g/mol. The summed E-state index contributed by atoms with van der Waals surface area (Å²) in [6.45, 7) is 3.27. The number of carbonyl (C=O) groups is 1. The van der Waals surface area contributed by atoms with Crippen LogP contribution in [0.2, 0.25) is 0 Å². The van der Waals surface area contributed by atoms with Crippen molar-refractivity contribution in [3.05, 3.63) is 52.4 Å². The summed E-state index contributed by atoms with van der Waals surface area (Å²) in [5, 5.41) is 34.1. The fourth-order valence-electron chi connectivity index (χ4n) is 1.93. The summed E-state index contributed by atoms with van der Waals surface area (Å²) < 4.78 is 4.81. The monoisotopic (exact) mass is 308 g/mol. The fraction of sp³-hybridized carbons (Fsp3) is 0.125. The molecule has 0 aliphatic heterocycles. The minimum atomic E-state index is -0.765. The molecule has 0 saturated carbocycles. The first kappa shape index (κ1) is 15.8. The fourth-order valence-corrected chi connectivity index (χ4v) is 1.93. The summed E-state index contributed by atoms with van der Waals surface area (Å²) in [5.74, 6) is -0.981. The van der Waals surface area contributed by atoms with Crippen LogP contribution in [-0.2, 0) is 4.79 Å². The third kappa shape index (κ3) is 3.20. The lowest BCUT2D eigenvalue weighted by molar-refractivity contribution is -0.112. The van der Waals surface area contributed by atoms with Gasteiger partial charge in [0.25, 0.3) is 5.91 Å². The molecule has 0 aliphatic rings. The molecule has 1 amide bonds. The first-order valence-corrected chi connectivity index (χ1v) is 6.55. The number of rotatable bonds is 3. The first-order chi connectivity index (χ1) is 11.0. The maximum Gasteiger partial charge on any atom is 0.270 e. The van der Waals surface area contributed by atoms with E-state index in [-0.39, 0.29) is 11.3 Å². The highest BCUT2D eigenvalue weighted by Gasteiger charge is 2.20. The molecule has 1 aromatic heterocycles. The van der Waals surface area contributed by atoms with Crippen molar-refractivity contribution in [3.63, 3.8) is 0 Å². The maximum absolute atomic E-state index is 12.2. The van der Waals surface area contributed by atoms with Crippen molar-refractivity contribution in [1.82, 2.24) is 5.16 Å². The summed E-state index contributed by atoms with van der Waals surface area (Å²) in [6, 6.07) is 8.38. The molecule has 114 valence electrons. The van der Waals surface area contributed by atoms with Crippen molar-refractivity contribution in [2.75, 3.05) is 5.32 Å². The Morgan fingerprint density at radius 2 is 2.09 bits per heavy atom. The van der Waals surface area contributed by atoms with E-state index in [9.17, 15) is 9.90 Å². The quantitative estimate of drug-likeness (QED) is 0.510. The molecule has 2 N–H and O–H groups in total. The number of anilines is 1. The molecule has 0 fully saturated rings. The summed E-state index contributed by atoms with van der Waals surface area (Å²) in [7, 11) is 0. The van der Waals surface area contributed by atoms with E-state index in [2.05, 4.69) is 10.5 Å². The van der Waals surface area contributed by atoms with Crippen LogP contribution >= 0.6 is 0 Å². The smallest absolute Gasteiger partial charge is 0.270 e. The van der Waals surface area contributed by atoms with Crippen LogP contribution in [0, 0.1) is 36.5 Å². The second kappa shape index (κ2) is 6.46. The Morgan fingerprint density at radius 1 is 1.35 bits per heavy atom. The van der Waals surface area contributed by atoms with Crippen molar-refractivity contribution in [1.29, 1.82) is 10.5 Å². The van der Waals surface area contributed by atoms with Crippen molar-refractivity contribution in [2.45, 2.75) is 13.8 Å². The number of nitriles is 2. The van der Waals surface area contributed by atoms with E-state index < -0.39 is 17.2 Å². The molecule has 1 aromatic carbocycles. The van der Waals surface area contributed by atoms with Gasteiger partial charge in [0, 0.05) is 5.69 Å². The lowest BCUT2D eigenvalue weighted by Gasteiger charge is -2.09. The minimum absolute atomic E-state index is 0.174. The lowest BCUT2D eigenvalue weighted by atomic mass is 10.1. The van der Waals surface area contributed by atoms with Gasteiger partial charge in [-0.15, -0.1) is 0 Å². The molecule has 0 aliphatic carbocycles. The van der Waals surface area contributed by atoms with E-state index in [0.717, 1.165) is 0 Å². The molecule has 2 aromatic rings. The number of amides is 1. The average Bonchev–Trinajstić information content (AvgIpc) is 2.96. The molecule has 0 saturated heterocycles. The van der Waals surface area contributed by atoms with Gasteiger partial charge >= 0.3 is 0 Å². The summed E-state index contributed by atoms with van der Waals surface area (Å²) in [5.41, 5.74) is 1.28. The molecule has 0 spiro atoms. The van der Waals surface area contributed by atoms with E-state index in [1.807, 2.05) is 6.07 Å². The Labute approximate surface area is 132 Å². The highest BCUT2D eigenvalue weighted by molar-refractivity contribution is 6.11. The molecule has 1 heterocycles. The zero-order valence-corrected chi connectivity index (χ0v) is 12.4. The standard InChI is InChI=1S/C16H12N4O3/c1-9-5-11(6-17)3-4-14(9)20-16(22)12(7-18)15(21)13-8-19-23-10(13)2/h3-5,8,21H,1-2H3,(H,20,22)/b15-12-. The SMILES string of the molecule is Cc1cc(C#N)ccc1NC(=O)/C(C#N)=C(\O)c1cnoc1C. The Balaban J connectivity index is 2.34. The van der Waals surface area contributed by atoms with Crippen molar-refractivity contribution >= 4 is 17.4 Å². The second-order valence-electron chi connectivity index (χ2n) is 4.73. The van der Waals surface area contributed by atoms with Crippen LogP contribution < -0.4 is 5.32 Å². The number of aliphatic hydroxyl groups is 1. The number of benzene rings is 1. The van der Waals surface area contributed by atoms with Crippen LogP contribution in [0.4, 0.5) is 5.69 Å². The van der Waals surface area contributed by atoms with Gasteiger partial charge in [-0.1, -0.05) is 5.16 Å². The summed E-state index contributed by atoms with van der Waals surface area (Å²) in [4.78, 5) is 12.2. The van der Waals surface area contributed by atoms with Gasteiger partial charge in [-0.25, -0.2) is 0 Å². The maximum atomic E-state index is 12.2. The molecule has 2 rings (SSSR count). The number of aryl methyl sites for hydroxylation is 2. The largest absolute Gasteiger partial charge is 0.506 e. The van der Waals surface area contributed by atoms with Gasteiger partial charge < -0.3 is 14.9 Å². The van der Waals surface area contributed by atoms with Crippen LogP contribution in [-0.4, -0.2) is 16.2 Å². The van der Waals surface area contributed by atoms with Crippen molar-refractivity contribution < 1.29 is 14.4 Å². The molecular weight excluding hydrogens is 296 g/mol. The third-order valence-electron chi connectivity index (χ3n) is 3.19. The Kier molecular flexibility index (Phi) is 4.44. The molecule has 23 heavy (non-hydrogen) atoms. The van der Waals surface area contributed by atoms with Gasteiger partial charge in [-0.05, 0) is 37.6 Å². The molecule has 0 bridgehead atoms. The van der Waals surface area contributed by atoms with Crippen LogP contribution in [0.15, 0.2) is 34.5 Å². The van der Waals surface area contributed by atoms with Crippen LogP contribution in [0.1, 0.15) is 22.5 Å². The summed E-state index contributed by atoms with van der Waals surface area (Å²) >= 11 is 0. The van der Waals surface area contributed by atoms with E-state index in [1.54, 1.807) is 38.1 Å². The van der Waals surface area contributed by atoms with E-state index in [4.69, 9.17) is 15.0 Å². The predicted octanol–water partition coefficient (Wildman–Crippen LogP) is 2.59. The van der Waals surface area contributed by atoms with Crippen molar-refractivity contribution in [3.8, 4) is 12.1 Å². The van der Waals surface area contributed by atoms with Crippen LogP contribution in [0.5, 0.6) is 0 Å². The van der Waals surface area contributed by atoms with Gasteiger partial charge in [0.05, 0.1) is 23.4 Å². The van der Waals surface area contributed by atoms with Gasteiger partial charge in [-0.3, -0.25) is 4.79 Å². The Hall–Kier alpha value is -3.58. The zero-order chi connectivity index (χ0) is 17.0. The molecular formula is C16H12N4O3. The summed E-state index contributed by atoms with van der Waals surface area (Å²) in [6.07, 6.45) is 1.22. The van der Waals surface area contributed by atoms with Gasteiger partial charge in [0.2, 0.25) is 0 Å².